The molecule has 9 aromatic carbocycles. The summed E-state index contributed by atoms with van der Waals surface area (Å²) in [5.74, 6) is 2.01. The second kappa shape index (κ2) is 17.6. The molecule has 0 fully saturated rings. The van der Waals surface area contributed by atoms with Crippen molar-refractivity contribution in [2.45, 2.75) is 26.2 Å². The number of aromatic nitrogens is 3. The fourth-order valence-electron chi connectivity index (χ4n) is 10.8. The van der Waals surface area contributed by atoms with E-state index in [1.54, 1.807) is 0 Å². The molecule has 11 aromatic rings. The quantitative estimate of drug-likeness (QED) is 0.142. The van der Waals surface area contributed by atoms with E-state index in [4.69, 9.17) is 9.72 Å². The normalized spacial score (nSPS) is 12.7. The van der Waals surface area contributed by atoms with E-state index in [2.05, 4.69) is 277 Å². The predicted molar refractivity (Wildman–Crippen MR) is 293 cm³/mol. The Labute approximate surface area is 431 Å². The summed E-state index contributed by atoms with van der Waals surface area (Å²) in [4.78, 5) is 10.1. The van der Waals surface area contributed by atoms with E-state index in [9.17, 15) is 0 Å². The molecule has 0 saturated heterocycles. The Kier molecular flexibility index (Phi) is 10.7. The summed E-state index contributed by atoms with van der Waals surface area (Å²) in [6.45, 7) is 6.77. The second-order valence-corrected chi connectivity index (χ2v) is 20.5. The zero-order chi connectivity index (χ0) is 48.5. The molecule has 0 aliphatic carbocycles. The van der Waals surface area contributed by atoms with Crippen molar-refractivity contribution in [1.82, 2.24) is 14.1 Å². The number of benzene rings is 9. The molecule has 2 aromatic heterocycles. The molecule has 0 bridgehead atoms. The number of pyridine rings is 1. The fraction of sp³-hybridized carbons (Fsp3) is 0.0625. The van der Waals surface area contributed by atoms with E-state index in [1.165, 1.54) is 44.5 Å². The van der Waals surface area contributed by atoms with Gasteiger partial charge in [-0.2, -0.15) is 0 Å². The molecule has 0 radical (unpaired) electrons. The van der Waals surface area contributed by atoms with Gasteiger partial charge in [-0.3, -0.25) is 0 Å². The van der Waals surface area contributed by atoms with Crippen molar-refractivity contribution in [1.29, 1.82) is 0 Å². The van der Waals surface area contributed by atoms with E-state index in [0.717, 1.165) is 60.1 Å². The second-order valence-electron chi connectivity index (χ2n) is 19.5. The zero-order valence-electron chi connectivity index (χ0n) is 40.1. The molecular weight excluding hydrogens is 1060 g/mol. The number of imidazole rings is 1. The van der Waals surface area contributed by atoms with Gasteiger partial charge in [-0.05, 0) is 17.7 Å². The molecule has 0 N–H and O–H groups in total. The van der Waals surface area contributed by atoms with Crippen molar-refractivity contribution in [3.63, 3.8) is 0 Å². The van der Waals surface area contributed by atoms with Crippen molar-refractivity contribution >= 4 is 46.4 Å². The summed E-state index contributed by atoms with van der Waals surface area (Å²) >= 11 is 2.53. The van der Waals surface area contributed by atoms with Crippen LogP contribution in [0.2, 0.25) is 0 Å². The van der Waals surface area contributed by atoms with Gasteiger partial charge in [-0.15, -0.1) is 0 Å². The molecule has 6 nitrogen and oxygen atoms in total. The van der Waals surface area contributed by atoms with Gasteiger partial charge in [0.05, 0.1) is 0 Å². The average molecular weight is 1110 g/mol. The van der Waals surface area contributed by atoms with E-state index < -0.39 is 0 Å². The van der Waals surface area contributed by atoms with Gasteiger partial charge < -0.3 is 0 Å². The Morgan fingerprint density at radius 2 is 1.01 bits per heavy atom. The van der Waals surface area contributed by atoms with Gasteiger partial charge in [0, 0.05) is 11.3 Å². The van der Waals surface area contributed by atoms with Gasteiger partial charge in [-0.1, -0.05) is 54.6 Å². The predicted octanol–water partition coefficient (Wildman–Crippen LogP) is 15.7. The van der Waals surface area contributed by atoms with Crippen LogP contribution in [0.25, 0.3) is 66.9 Å². The molecule has 0 spiro atoms. The van der Waals surface area contributed by atoms with Crippen LogP contribution in [0.4, 0.5) is 22.9 Å². The van der Waals surface area contributed by atoms with Crippen molar-refractivity contribution in [2.24, 2.45) is 0 Å². The molecule has 348 valence electrons. The molecule has 0 saturated carbocycles. The fourth-order valence-corrected chi connectivity index (χ4v) is 11.9. The molecule has 0 atom stereocenters. The number of hydrogen-bond donors (Lipinski definition) is 0. The summed E-state index contributed by atoms with van der Waals surface area (Å²) in [5, 5.41) is 0. The Morgan fingerprint density at radius 3 is 1.76 bits per heavy atom. The monoisotopic (exact) mass is 1110 g/mol. The van der Waals surface area contributed by atoms with Gasteiger partial charge in [-0.25, -0.2) is 0 Å². The van der Waals surface area contributed by atoms with Gasteiger partial charge in [0.1, 0.15) is 0 Å². The average Bonchev–Trinajstić information content (AvgIpc) is 3.93. The van der Waals surface area contributed by atoms with Crippen molar-refractivity contribution in [3.05, 3.63) is 246 Å². The minimum absolute atomic E-state index is 0.0757. The number of ether oxygens (including phenoxy) is 1. The maximum atomic E-state index is 6.80. The molecule has 2 aliphatic rings. The van der Waals surface area contributed by atoms with E-state index in [1.807, 2.05) is 18.2 Å². The molecule has 8 heteroatoms. The van der Waals surface area contributed by atoms with Crippen LogP contribution in [0.5, 0.6) is 11.6 Å². The van der Waals surface area contributed by atoms with Crippen molar-refractivity contribution in [3.8, 4) is 67.5 Å². The molecule has 0 unspecified atom stereocenters. The molecular formula is C64H48BN5OPt. The first kappa shape index (κ1) is 43.7. The Morgan fingerprint density at radius 1 is 0.444 bits per heavy atom. The summed E-state index contributed by atoms with van der Waals surface area (Å²) in [6, 6.07) is 84.6. The van der Waals surface area contributed by atoms with Gasteiger partial charge in [0.25, 0.3) is 0 Å². The molecule has 0 amide bonds. The number of nitrogens with zero attached hydrogens (tertiary/aromatic N) is 5. The van der Waals surface area contributed by atoms with Crippen LogP contribution in [0.15, 0.2) is 237 Å². The summed E-state index contributed by atoms with van der Waals surface area (Å²) in [7, 11) is 0. The van der Waals surface area contributed by atoms with Crippen LogP contribution in [0, 0.1) is 3.80 Å². The van der Waals surface area contributed by atoms with Crippen LogP contribution in [-0.2, 0) is 24.8 Å². The standard InChI is InChI=1S/C64H48BN5O.Pt/c1-64(2,3)48-40-46(44-21-6-4-7-22-44)39-47(41-48)52-30-19-29-51(45-23-8-5-9-24-45)63(52)68-43-67(57-33-14-15-34-58(57)68)49-25-18-26-50(42-49)71-62-38-20-37-61(66-62)70-60-36-17-16-35-59(60)69-56-32-13-11-28-54(56)53-27-10-12-31-55(53)65(69)70;/h4-42H,1-3H3;. The van der Waals surface area contributed by atoms with Gasteiger partial charge >= 0.3 is 350 Å². The molecule has 4 heterocycles. The number of fused-ring (bicyclic) bond motifs is 9. The summed E-state index contributed by atoms with van der Waals surface area (Å²) < 4.78 is 12.6. The summed E-state index contributed by atoms with van der Waals surface area (Å²) in [5.41, 5.74) is 19.6. The number of hydrogen-bond acceptors (Lipinski definition) is 4. The van der Waals surface area contributed by atoms with Crippen LogP contribution >= 0.6 is 0 Å². The van der Waals surface area contributed by atoms with E-state index >= 15 is 0 Å². The SMILES string of the molecule is CC(C)(C)c1cc(-c2ccccc2)cc(-c2cccc(-c3ccccc3)c2-n2[c](=[Pt])n(-c3cccc(Oc4cccc(N5B6c7ccccc7-c7ccccc7N6c6ccccc65)n4)c3)c3ccccc32)c1. The van der Waals surface area contributed by atoms with Crippen molar-refractivity contribution in [2.75, 3.05) is 9.62 Å². The number of para-hydroxylation sites is 6. The maximum absolute atomic E-state index is 6.80. The molecule has 2 aliphatic heterocycles. The first-order valence-electron chi connectivity index (χ1n) is 24.5. The summed E-state index contributed by atoms with van der Waals surface area (Å²) in [6.07, 6.45) is 0. The van der Waals surface area contributed by atoms with Crippen molar-refractivity contribution < 1.29 is 24.1 Å². The first-order valence-corrected chi connectivity index (χ1v) is 25.6. The Balaban J connectivity index is 0.924. The topological polar surface area (TPSA) is 38.5 Å². The van der Waals surface area contributed by atoms with Gasteiger partial charge in [0.2, 0.25) is 0 Å². The molecule has 72 heavy (non-hydrogen) atoms. The Bertz CT molecular complexity index is 3950. The van der Waals surface area contributed by atoms with E-state index in [-0.39, 0.29) is 12.4 Å². The minimum atomic E-state index is -0.128. The van der Waals surface area contributed by atoms with Crippen LogP contribution < -0.4 is 19.8 Å². The van der Waals surface area contributed by atoms with E-state index in [0.29, 0.717) is 11.6 Å². The van der Waals surface area contributed by atoms with Crippen LogP contribution in [0.1, 0.15) is 26.3 Å². The first-order chi connectivity index (χ1) is 35.3. The third kappa shape index (κ3) is 7.38. The zero-order valence-corrected chi connectivity index (χ0v) is 42.3. The Hall–Kier alpha value is -8.25. The third-order valence-electron chi connectivity index (χ3n) is 14.1. The van der Waals surface area contributed by atoms with Crippen LogP contribution in [0.3, 0.4) is 0 Å². The van der Waals surface area contributed by atoms with Crippen LogP contribution in [-0.4, -0.2) is 21.1 Å². The third-order valence-corrected chi connectivity index (χ3v) is 15.1. The number of rotatable bonds is 8. The van der Waals surface area contributed by atoms with Gasteiger partial charge in [0.15, 0.2) is 0 Å². The molecule has 13 rings (SSSR count). The number of anilines is 4.